The van der Waals surface area contributed by atoms with Gasteiger partial charge in [-0.2, -0.15) is 0 Å². The minimum absolute atomic E-state index is 0.162. The molecule has 0 saturated carbocycles. The Bertz CT molecular complexity index is 1920. The molecule has 0 N–H and O–H groups in total. The zero-order valence-corrected chi connectivity index (χ0v) is 27.6. The molecule has 50 heavy (non-hydrogen) atoms. The van der Waals surface area contributed by atoms with E-state index in [9.17, 15) is 14.4 Å². The van der Waals surface area contributed by atoms with Crippen molar-refractivity contribution in [3.63, 3.8) is 0 Å². The number of nitrogens with zero attached hydrogens (tertiary/aromatic N) is 2. The molecule has 0 aromatic heterocycles. The van der Waals surface area contributed by atoms with Gasteiger partial charge in [0.05, 0.1) is 22.9 Å². The largest absolute Gasteiger partial charge is 0.457 e. The summed E-state index contributed by atoms with van der Waals surface area (Å²) in [6, 6.07) is 36.1. The zero-order valence-electron chi connectivity index (χ0n) is 27.6. The fraction of sp³-hybridized carbons (Fsp3) is 0.146. The summed E-state index contributed by atoms with van der Waals surface area (Å²) >= 11 is 0. The van der Waals surface area contributed by atoms with Gasteiger partial charge in [-0.05, 0) is 121 Å². The third-order valence-electron chi connectivity index (χ3n) is 7.85. The number of esters is 3. The first-order valence-corrected chi connectivity index (χ1v) is 16.0. The number of ether oxygens (including phenoxy) is 4. The molecule has 0 heterocycles. The van der Waals surface area contributed by atoms with Gasteiger partial charge in [-0.25, -0.2) is 4.79 Å². The van der Waals surface area contributed by atoms with Crippen molar-refractivity contribution in [1.82, 2.24) is 0 Å². The summed E-state index contributed by atoms with van der Waals surface area (Å²) in [4.78, 5) is 45.2. The molecule has 0 aliphatic heterocycles. The van der Waals surface area contributed by atoms with Gasteiger partial charge in [0.2, 0.25) is 6.79 Å². The van der Waals surface area contributed by atoms with Gasteiger partial charge in [-0.15, -0.1) is 0 Å². The standard InChI is InChI=1S/C41H36N2O7/c1-28(5-4-6-39(44)49-37-23-11-31(12-24-37)29-7-17-34(42-2)18-8-29)40(45)48-27-47-36-21-15-33(16-22-36)41(46)50-38-25-13-32(14-26-38)30-9-19-35(43-3)20-10-30/h7-26,28H,2-6,27H2,1H3. The Labute approximate surface area is 290 Å². The van der Waals surface area contributed by atoms with Crippen LogP contribution in [0.2, 0.25) is 0 Å². The molecule has 5 aromatic rings. The highest BCUT2D eigenvalue weighted by molar-refractivity contribution is 5.91. The Kier molecular flexibility index (Phi) is 12.0. The van der Waals surface area contributed by atoms with Crippen LogP contribution >= 0.6 is 0 Å². The first-order valence-electron chi connectivity index (χ1n) is 16.0. The van der Waals surface area contributed by atoms with Gasteiger partial charge >= 0.3 is 17.9 Å². The predicted octanol–water partition coefficient (Wildman–Crippen LogP) is 9.20. The van der Waals surface area contributed by atoms with Crippen molar-refractivity contribution in [1.29, 1.82) is 0 Å². The van der Waals surface area contributed by atoms with Crippen LogP contribution in [0.25, 0.3) is 22.3 Å². The second-order valence-corrected chi connectivity index (χ2v) is 11.4. The number of aliphatic imine (C=N–C) groups is 2. The van der Waals surface area contributed by atoms with Crippen molar-refractivity contribution in [2.75, 3.05) is 6.79 Å². The van der Waals surface area contributed by atoms with Crippen LogP contribution in [-0.2, 0) is 14.3 Å². The third-order valence-corrected chi connectivity index (χ3v) is 7.85. The quantitative estimate of drug-likeness (QED) is 0.0473. The fourth-order valence-corrected chi connectivity index (χ4v) is 4.95. The van der Waals surface area contributed by atoms with E-state index in [1.165, 1.54) is 0 Å². The summed E-state index contributed by atoms with van der Waals surface area (Å²) in [5.41, 5.74) is 5.90. The summed E-state index contributed by atoms with van der Waals surface area (Å²) in [7, 11) is 0. The van der Waals surface area contributed by atoms with E-state index < -0.39 is 17.9 Å². The van der Waals surface area contributed by atoms with Crippen LogP contribution in [0, 0.1) is 5.92 Å². The smallest absolute Gasteiger partial charge is 0.343 e. The molecule has 5 rings (SSSR count). The van der Waals surface area contributed by atoms with Gasteiger partial charge in [0.25, 0.3) is 0 Å². The average molecular weight is 669 g/mol. The van der Waals surface area contributed by atoms with Gasteiger partial charge in [0.1, 0.15) is 17.2 Å². The maximum absolute atomic E-state index is 12.6. The van der Waals surface area contributed by atoms with Crippen molar-refractivity contribution >= 4 is 42.7 Å². The van der Waals surface area contributed by atoms with E-state index in [0.29, 0.717) is 35.7 Å². The Morgan fingerprint density at radius 2 is 1.04 bits per heavy atom. The molecule has 0 bridgehead atoms. The highest BCUT2D eigenvalue weighted by Crippen LogP contribution is 2.27. The molecule has 0 fully saturated rings. The molecule has 9 nitrogen and oxygen atoms in total. The predicted molar refractivity (Wildman–Crippen MR) is 194 cm³/mol. The topological polar surface area (TPSA) is 113 Å². The number of benzene rings is 5. The lowest BCUT2D eigenvalue weighted by atomic mass is 10.0. The van der Waals surface area contributed by atoms with E-state index in [1.807, 2.05) is 72.8 Å². The van der Waals surface area contributed by atoms with Crippen LogP contribution in [-0.4, -0.2) is 38.1 Å². The number of carbonyl (C=O) groups is 3. The van der Waals surface area contributed by atoms with Gasteiger partial charge in [0.15, 0.2) is 0 Å². The Balaban J connectivity index is 0.979. The van der Waals surface area contributed by atoms with Crippen molar-refractivity contribution < 1.29 is 33.3 Å². The van der Waals surface area contributed by atoms with Crippen LogP contribution in [0.5, 0.6) is 17.2 Å². The van der Waals surface area contributed by atoms with Crippen molar-refractivity contribution in [3.8, 4) is 39.5 Å². The summed E-state index contributed by atoms with van der Waals surface area (Å²) in [5.74, 6) is -0.487. The lowest BCUT2D eigenvalue weighted by Crippen LogP contribution is -2.18. The van der Waals surface area contributed by atoms with Crippen LogP contribution in [0.4, 0.5) is 11.4 Å². The molecule has 0 saturated heterocycles. The molecule has 0 aliphatic rings. The van der Waals surface area contributed by atoms with E-state index in [4.69, 9.17) is 18.9 Å². The fourth-order valence-electron chi connectivity index (χ4n) is 4.95. The molecular formula is C41H36N2O7. The van der Waals surface area contributed by atoms with Crippen molar-refractivity contribution in [2.24, 2.45) is 15.9 Å². The van der Waals surface area contributed by atoms with Crippen LogP contribution in [0.3, 0.4) is 0 Å². The SMILES string of the molecule is C=Nc1ccc(-c2ccc(OC(=O)CCCC(C)C(=O)OCOc3ccc(C(=O)Oc4ccc(-c5ccc(N=C)cc5)cc4)cc3)cc2)cc1. The summed E-state index contributed by atoms with van der Waals surface area (Å²) in [5, 5.41) is 0. The second kappa shape index (κ2) is 17.2. The number of carbonyl (C=O) groups excluding carboxylic acids is 3. The molecule has 5 aromatic carbocycles. The van der Waals surface area contributed by atoms with E-state index in [1.54, 1.807) is 55.5 Å². The van der Waals surface area contributed by atoms with Crippen LogP contribution in [0.1, 0.15) is 36.5 Å². The maximum Gasteiger partial charge on any atom is 0.343 e. The molecule has 0 aliphatic carbocycles. The van der Waals surface area contributed by atoms with E-state index in [-0.39, 0.29) is 19.2 Å². The molecule has 1 unspecified atom stereocenters. The van der Waals surface area contributed by atoms with Crippen LogP contribution < -0.4 is 14.2 Å². The molecule has 1 atom stereocenters. The molecule has 252 valence electrons. The first kappa shape index (κ1) is 35.0. The maximum atomic E-state index is 12.6. The average Bonchev–Trinajstić information content (AvgIpc) is 3.15. The Hall–Kier alpha value is -6.35. The van der Waals surface area contributed by atoms with Gasteiger partial charge < -0.3 is 18.9 Å². The summed E-state index contributed by atoms with van der Waals surface area (Å²) in [6.45, 7) is 8.48. The molecule has 0 radical (unpaired) electrons. The van der Waals surface area contributed by atoms with Crippen molar-refractivity contribution in [2.45, 2.75) is 26.2 Å². The van der Waals surface area contributed by atoms with Crippen LogP contribution in [0.15, 0.2) is 131 Å². The molecule has 0 spiro atoms. The molecule has 9 heteroatoms. The van der Waals surface area contributed by atoms with E-state index >= 15 is 0 Å². The second-order valence-electron chi connectivity index (χ2n) is 11.4. The minimum atomic E-state index is -0.517. The first-order chi connectivity index (χ1) is 24.3. The number of rotatable bonds is 15. The Morgan fingerprint density at radius 3 is 1.52 bits per heavy atom. The number of hydrogen-bond donors (Lipinski definition) is 0. The monoisotopic (exact) mass is 668 g/mol. The lowest BCUT2D eigenvalue weighted by Gasteiger charge is -2.12. The van der Waals surface area contributed by atoms with Gasteiger partial charge in [-0.3, -0.25) is 19.6 Å². The normalized spacial score (nSPS) is 11.1. The van der Waals surface area contributed by atoms with E-state index in [0.717, 1.165) is 33.6 Å². The highest BCUT2D eigenvalue weighted by Gasteiger charge is 2.16. The van der Waals surface area contributed by atoms with Gasteiger partial charge in [0, 0.05) is 6.42 Å². The zero-order chi connectivity index (χ0) is 35.3. The third kappa shape index (κ3) is 9.84. The minimum Gasteiger partial charge on any atom is -0.457 e. The molecular weight excluding hydrogens is 632 g/mol. The highest BCUT2D eigenvalue weighted by atomic mass is 16.7. The summed E-state index contributed by atoms with van der Waals surface area (Å²) in [6.07, 6.45) is 1.07. The van der Waals surface area contributed by atoms with E-state index in [2.05, 4.69) is 23.4 Å². The number of hydrogen-bond acceptors (Lipinski definition) is 9. The summed E-state index contributed by atoms with van der Waals surface area (Å²) < 4.78 is 21.7. The van der Waals surface area contributed by atoms with Crippen molar-refractivity contribution in [3.05, 3.63) is 127 Å². The Morgan fingerprint density at radius 1 is 0.600 bits per heavy atom. The lowest BCUT2D eigenvalue weighted by molar-refractivity contribution is -0.155. The molecule has 0 amide bonds. The van der Waals surface area contributed by atoms with Gasteiger partial charge in [-0.1, -0.05) is 55.5 Å².